The van der Waals surface area contributed by atoms with Crippen LogP contribution in [0.4, 0.5) is 14.5 Å². The first kappa shape index (κ1) is 9.48. The van der Waals surface area contributed by atoms with Gasteiger partial charge >= 0.3 is 0 Å². The van der Waals surface area contributed by atoms with E-state index in [1.807, 2.05) is 0 Å². The lowest BCUT2D eigenvalue weighted by atomic mass is 10.2. The first-order chi connectivity index (χ1) is 5.52. The molecule has 0 saturated heterocycles. The molecular formula is C6H4Cl2F2N2. The molecule has 0 aliphatic heterocycles. The van der Waals surface area contributed by atoms with Crippen molar-refractivity contribution in [1.29, 1.82) is 0 Å². The summed E-state index contributed by atoms with van der Waals surface area (Å²) in [4.78, 5) is 3.49. The third-order valence-electron chi connectivity index (χ3n) is 1.25. The maximum Gasteiger partial charge on any atom is 0.266 e. The Bertz CT molecular complexity index is 304. The van der Waals surface area contributed by atoms with E-state index in [0.29, 0.717) is 0 Å². The first-order valence-corrected chi connectivity index (χ1v) is 3.67. The van der Waals surface area contributed by atoms with E-state index in [9.17, 15) is 8.78 Å². The fourth-order valence-electron chi connectivity index (χ4n) is 0.692. The molecule has 6 heteroatoms. The van der Waals surface area contributed by atoms with Crippen molar-refractivity contribution >= 4 is 28.9 Å². The highest BCUT2D eigenvalue weighted by molar-refractivity contribution is 6.34. The van der Waals surface area contributed by atoms with Gasteiger partial charge in [-0.2, -0.15) is 0 Å². The van der Waals surface area contributed by atoms with E-state index in [1.165, 1.54) is 0 Å². The SMILES string of the molecule is Nc1c(C(F)F)cc(Cl)nc1Cl. The van der Waals surface area contributed by atoms with Crippen LogP contribution in [0.2, 0.25) is 10.3 Å². The maximum atomic E-state index is 12.2. The van der Waals surface area contributed by atoms with Gasteiger partial charge in [0, 0.05) is 5.56 Å². The van der Waals surface area contributed by atoms with E-state index in [0.717, 1.165) is 6.07 Å². The number of nitrogens with two attached hydrogens (primary N) is 1. The topological polar surface area (TPSA) is 38.9 Å². The number of anilines is 1. The third kappa shape index (κ3) is 1.76. The summed E-state index contributed by atoms with van der Waals surface area (Å²) in [6.07, 6.45) is -2.69. The van der Waals surface area contributed by atoms with Crippen LogP contribution in [0.5, 0.6) is 0 Å². The van der Waals surface area contributed by atoms with Gasteiger partial charge in [0.2, 0.25) is 0 Å². The number of hydrogen-bond donors (Lipinski definition) is 1. The van der Waals surface area contributed by atoms with Crippen LogP contribution < -0.4 is 5.73 Å². The fourth-order valence-corrected chi connectivity index (χ4v) is 1.14. The van der Waals surface area contributed by atoms with Crippen LogP contribution in [0.1, 0.15) is 12.0 Å². The van der Waals surface area contributed by atoms with Crippen LogP contribution in [0.25, 0.3) is 0 Å². The number of pyridine rings is 1. The minimum absolute atomic E-state index is 0.0931. The smallest absolute Gasteiger partial charge is 0.266 e. The molecule has 0 aliphatic carbocycles. The second-order valence-corrected chi connectivity index (χ2v) is 2.78. The molecule has 12 heavy (non-hydrogen) atoms. The molecule has 1 rings (SSSR count). The van der Waals surface area contributed by atoms with E-state index in [4.69, 9.17) is 28.9 Å². The number of alkyl halides is 2. The van der Waals surface area contributed by atoms with Crippen LogP contribution in [0.3, 0.4) is 0 Å². The molecule has 0 saturated carbocycles. The molecule has 66 valence electrons. The van der Waals surface area contributed by atoms with Crippen molar-refractivity contribution in [2.45, 2.75) is 6.43 Å². The molecule has 1 aromatic heterocycles. The van der Waals surface area contributed by atoms with Crippen LogP contribution in [0, 0.1) is 0 Å². The molecule has 0 bridgehead atoms. The Hall–Kier alpha value is -0.610. The van der Waals surface area contributed by atoms with Gasteiger partial charge in [-0.3, -0.25) is 0 Å². The van der Waals surface area contributed by atoms with Crippen molar-refractivity contribution in [1.82, 2.24) is 4.98 Å². The summed E-state index contributed by atoms with van der Waals surface area (Å²) in [5, 5.41) is -0.290. The Morgan fingerprint density at radius 3 is 2.50 bits per heavy atom. The Morgan fingerprint density at radius 1 is 1.42 bits per heavy atom. The summed E-state index contributed by atoms with van der Waals surface area (Å²) in [7, 11) is 0. The van der Waals surface area contributed by atoms with Crippen LogP contribution in [-0.4, -0.2) is 4.98 Å². The predicted octanol–water partition coefficient (Wildman–Crippen LogP) is 2.91. The average Bonchev–Trinajstić information content (AvgIpc) is 1.96. The molecule has 1 heterocycles. The molecule has 0 fully saturated rings. The van der Waals surface area contributed by atoms with Crippen molar-refractivity contribution in [3.05, 3.63) is 21.9 Å². The van der Waals surface area contributed by atoms with E-state index in [1.54, 1.807) is 0 Å². The number of aromatic nitrogens is 1. The number of nitrogen functional groups attached to an aromatic ring is 1. The summed E-state index contributed by atoms with van der Waals surface area (Å²) < 4.78 is 24.3. The average molecular weight is 213 g/mol. The molecule has 0 radical (unpaired) electrons. The highest BCUT2D eigenvalue weighted by atomic mass is 35.5. The summed E-state index contributed by atoms with van der Waals surface area (Å²) in [6.45, 7) is 0. The number of hydrogen-bond acceptors (Lipinski definition) is 2. The fraction of sp³-hybridized carbons (Fsp3) is 0.167. The number of halogens is 4. The first-order valence-electron chi connectivity index (χ1n) is 2.92. The highest BCUT2D eigenvalue weighted by Gasteiger charge is 2.15. The Labute approximate surface area is 77.3 Å². The minimum atomic E-state index is -2.69. The maximum absolute atomic E-state index is 12.2. The molecule has 0 aromatic carbocycles. The zero-order valence-corrected chi connectivity index (χ0v) is 7.20. The minimum Gasteiger partial charge on any atom is -0.396 e. The quantitative estimate of drug-likeness (QED) is 0.728. The summed E-state index contributed by atoms with van der Waals surface area (Å²) in [6, 6.07) is 0.993. The van der Waals surface area contributed by atoms with Gasteiger partial charge in [-0.15, -0.1) is 0 Å². The lowest BCUT2D eigenvalue weighted by Gasteiger charge is -2.05. The van der Waals surface area contributed by atoms with Crippen LogP contribution in [0.15, 0.2) is 6.07 Å². The normalized spacial score (nSPS) is 10.8. The van der Waals surface area contributed by atoms with Crippen molar-refractivity contribution in [2.24, 2.45) is 0 Å². The molecule has 2 N–H and O–H groups in total. The number of nitrogens with zero attached hydrogens (tertiary/aromatic N) is 1. The predicted molar refractivity (Wildman–Crippen MR) is 43.6 cm³/mol. The molecule has 0 unspecified atom stereocenters. The zero-order chi connectivity index (χ0) is 9.30. The molecule has 0 atom stereocenters. The van der Waals surface area contributed by atoms with E-state index in [-0.39, 0.29) is 21.6 Å². The van der Waals surface area contributed by atoms with Gasteiger partial charge < -0.3 is 5.73 Å². The van der Waals surface area contributed by atoms with Gasteiger partial charge in [0.15, 0.2) is 5.15 Å². The molecular weight excluding hydrogens is 209 g/mol. The summed E-state index contributed by atoms with van der Waals surface area (Å²) in [5.74, 6) is 0. The monoisotopic (exact) mass is 212 g/mol. The summed E-state index contributed by atoms with van der Waals surface area (Å²) >= 11 is 10.8. The lowest BCUT2D eigenvalue weighted by Crippen LogP contribution is -1.97. The second-order valence-electron chi connectivity index (χ2n) is 2.04. The molecule has 0 aliphatic rings. The molecule has 1 aromatic rings. The number of rotatable bonds is 1. The largest absolute Gasteiger partial charge is 0.396 e. The van der Waals surface area contributed by atoms with Crippen molar-refractivity contribution in [3.8, 4) is 0 Å². The highest BCUT2D eigenvalue weighted by Crippen LogP contribution is 2.31. The van der Waals surface area contributed by atoms with Gasteiger partial charge in [-0.05, 0) is 6.07 Å². The van der Waals surface area contributed by atoms with Crippen LogP contribution in [-0.2, 0) is 0 Å². The Balaban J connectivity index is 3.28. The third-order valence-corrected chi connectivity index (χ3v) is 1.73. The van der Waals surface area contributed by atoms with E-state index in [2.05, 4.69) is 4.98 Å². The van der Waals surface area contributed by atoms with Gasteiger partial charge in [-0.1, -0.05) is 23.2 Å². The van der Waals surface area contributed by atoms with Crippen LogP contribution >= 0.6 is 23.2 Å². The summed E-state index contributed by atoms with van der Waals surface area (Å²) in [5.41, 5.74) is 4.60. The van der Waals surface area contributed by atoms with E-state index >= 15 is 0 Å². The molecule has 0 amide bonds. The van der Waals surface area contributed by atoms with E-state index < -0.39 is 6.43 Å². The molecule has 0 spiro atoms. The molecule has 2 nitrogen and oxygen atoms in total. The van der Waals surface area contributed by atoms with Gasteiger partial charge in [-0.25, -0.2) is 13.8 Å². The second kappa shape index (κ2) is 3.41. The Kier molecular flexibility index (Phi) is 2.69. The van der Waals surface area contributed by atoms with Gasteiger partial charge in [0.25, 0.3) is 6.43 Å². The van der Waals surface area contributed by atoms with Gasteiger partial charge in [0.05, 0.1) is 5.69 Å². The van der Waals surface area contributed by atoms with Crippen molar-refractivity contribution in [2.75, 3.05) is 5.73 Å². The van der Waals surface area contributed by atoms with Gasteiger partial charge in [0.1, 0.15) is 5.15 Å². The zero-order valence-electron chi connectivity index (χ0n) is 5.69. The van der Waals surface area contributed by atoms with Crippen molar-refractivity contribution in [3.63, 3.8) is 0 Å². The Morgan fingerprint density at radius 2 is 2.00 bits per heavy atom. The van der Waals surface area contributed by atoms with Crippen molar-refractivity contribution < 1.29 is 8.78 Å². The standard InChI is InChI=1S/C6H4Cl2F2N2/c7-3-1-2(6(9)10)4(11)5(8)12-3/h1,6H,11H2. The lowest BCUT2D eigenvalue weighted by molar-refractivity contribution is 0.152.